The van der Waals surface area contributed by atoms with Crippen LogP contribution in [0, 0.1) is 0 Å². The highest BCUT2D eigenvalue weighted by Crippen LogP contribution is 2.22. The summed E-state index contributed by atoms with van der Waals surface area (Å²) < 4.78 is 2.68. The molecule has 0 unspecified atom stereocenters. The van der Waals surface area contributed by atoms with E-state index < -0.39 is 0 Å². The number of carbonyl (C=O) groups is 2. The van der Waals surface area contributed by atoms with Crippen molar-refractivity contribution < 1.29 is 9.59 Å². The van der Waals surface area contributed by atoms with Gasteiger partial charge in [0.05, 0.1) is 6.54 Å². The average molecular weight is 440 g/mol. The summed E-state index contributed by atoms with van der Waals surface area (Å²) in [5, 5.41) is 7.01. The number of nitrogens with one attached hydrogen (secondary N) is 1. The van der Waals surface area contributed by atoms with Crippen LogP contribution in [0.5, 0.6) is 0 Å². The first-order chi connectivity index (χ1) is 13.6. The zero-order chi connectivity index (χ0) is 19.5. The number of benzene rings is 2. The maximum absolute atomic E-state index is 12.6. The maximum atomic E-state index is 12.6. The number of aromatic nitrogens is 3. The molecule has 4 rings (SSSR count). The lowest BCUT2D eigenvalue weighted by Gasteiger charge is -2.16. The number of amides is 2. The molecule has 3 aromatic rings. The molecule has 1 aliphatic heterocycles. The molecule has 1 aromatic heterocycles. The molecule has 1 aliphatic rings. The molecule has 2 aromatic carbocycles. The Morgan fingerprint density at radius 1 is 1.18 bits per heavy atom. The molecule has 0 bridgehead atoms. The molecule has 8 heteroatoms. The van der Waals surface area contributed by atoms with Crippen molar-refractivity contribution in [2.45, 2.75) is 19.4 Å². The number of halogens is 1. The van der Waals surface area contributed by atoms with Gasteiger partial charge in [-0.3, -0.25) is 14.9 Å². The first-order valence-electron chi connectivity index (χ1n) is 8.94. The Bertz CT molecular complexity index is 1020. The van der Waals surface area contributed by atoms with Gasteiger partial charge in [-0.05, 0) is 42.3 Å². The molecule has 0 radical (unpaired) electrons. The van der Waals surface area contributed by atoms with Gasteiger partial charge < -0.3 is 4.90 Å². The van der Waals surface area contributed by atoms with Crippen molar-refractivity contribution in [3.8, 4) is 0 Å². The minimum absolute atomic E-state index is 0.0888. The van der Waals surface area contributed by atoms with Crippen molar-refractivity contribution in [3.63, 3.8) is 0 Å². The number of hydrogen-bond acceptors (Lipinski definition) is 4. The Labute approximate surface area is 170 Å². The van der Waals surface area contributed by atoms with Crippen LogP contribution in [-0.2, 0) is 11.3 Å². The quantitative estimate of drug-likeness (QED) is 0.659. The summed E-state index contributed by atoms with van der Waals surface area (Å²) in [5.41, 5.74) is 2.28. The molecule has 1 fully saturated rings. The van der Waals surface area contributed by atoms with Gasteiger partial charge in [-0.1, -0.05) is 34.1 Å². The van der Waals surface area contributed by atoms with E-state index in [1.807, 2.05) is 30.3 Å². The normalized spacial score (nSPS) is 13.8. The molecule has 2 amide bonds. The summed E-state index contributed by atoms with van der Waals surface area (Å²) in [7, 11) is 0. The van der Waals surface area contributed by atoms with Gasteiger partial charge >= 0.3 is 0 Å². The highest BCUT2D eigenvalue weighted by Gasteiger charge is 2.22. The van der Waals surface area contributed by atoms with Gasteiger partial charge in [0, 0.05) is 28.7 Å². The minimum atomic E-state index is -0.310. The van der Waals surface area contributed by atoms with Crippen molar-refractivity contribution in [1.82, 2.24) is 14.8 Å². The summed E-state index contributed by atoms with van der Waals surface area (Å²) in [4.78, 5) is 30.3. The van der Waals surface area contributed by atoms with Crippen LogP contribution in [0.25, 0.3) is 0 Å². The molecule has 7 nitrogen and oxygen atoms in total. The first kappa shape index (κ1) is 18.4. The molecule has 1 N–H and O–H groups in total. The van der Waals surface area contributed by atoms with Gasteiger partial charge in [-0.15, -0.1) is 5.10 Å². The topological polar surface area (TPSA) is 80.1 Å². The van der Waals surface area contributed by atoms with Gasteiger partial charge in [0.15, 0.2) is 0 Å². The van der Waals surface area contributed by atoms with Crippen molar-refractivity contribution in [2.24, 2.45) is 0 Å². The van der Waals surface area contributed by atoms with Crippen molar-refractivity contribution in [2.75, 3.05) is 16.8 Å². The molecule has 0 saturated carbocycles. The largest absolute Gasteiger partial charge is 0.312 e. The Balaban J connectivity index is 1.43. The fourth-order valence-electron chi connectivity index (χ4n) is 3.11. The fraction of sp³-hybridized carbons (Fsp3) is 0.200. The third-order valence-corrected chi connectivity index (χ3v) is 5.04. The fourth-order valence-corrected chi connectivity index (χ4v) is 3.38. The number of hydrogen-bond donors (Lipinski definition) is 1. The van der Waals surface area contributed by atoms with Crippen LogP contribution in [0.4, 0.5) is 11.6 Å². The van der Waals surface area contributed by atoms with Crippen LogP contribution in [0.3, 0.4) is 0 Å². The third kappa shape index (κ3) is 4.12. The summed E-state index contributed by atoms with van der Waals surface area (Å²) in [6.45, 7) is 1.24. The van der Waals surface area contributed by atoms with Crippen LogP contribution in [-0.4, -0.2) is 33.1 Å². The van der Waals surface area contributed by atoms with Crippen LogP contribution in [0.15, 0.2) is 59.3 Å². The van der Waals surface area contributed by atoms with Gasteiger partial charge in [0.1, 0.15) is 6.33 Å². The van der Waals surface area contributed by atoms with E-state index in [2.05, 4.69) is 31.3 Å². The summed E-state index contributed by atoms with van der Waals surface area (Å²) in [5.74, 6) is 0.0190. The minimum Gasteiger partial charge on any atom is -0.312 e. The second-order valence-corrected chi connectivity index (χ2v) is 7.46. The van der Waals surface area contributed by atoms with E-state index >= 15 is 0 Å². The molecular formula is C20H18BrN5O2. The number of nitrogens with zero attached hydrogens (tertiary/aromatic N) is 4. The molecule has 28 heavy (non-hydrogen) atoms. The lowest BCUT2D eigenvalue weighted by atomic mass is 10.2. The first-order valence-corrected chi connectivity index (χ1v) is 9.73. The summed E-state index contributed by atoms with van der Waals surface area (Å²) in [6.07, 6.45) is 2.97. The van der Waals surface area contributed by atoms with Crippen LogP contribution >= 0.6 is 15.9 Å². The molecule has 142 valence electrons. The summed E-state index contributed by atoms with van der Waals surface area (Å²) in [6, 6.07) is 15.0. The summed E-state index contributed by atoms with van der Waals surface area (Å²) >= 11 is 3.41. The van der Waals surface area contributed by atoms with Crippen molar-refractivity contribution in [3.05, 3.63) is 70.5 Å². The SMILES string of the molecule is O=C(Nc1ncn(Cc2ccc(Br)cc2)n1)c1cccc(N2CCCC2=O)c1. The Morgan fingerprint density at radius 2 is 2.00 bits per heavy atom. The predicted molar refractivity (Wildman–Crippen MR) is 109 cm³/mol. The monoisotopic (exact) mass is 439 g/mol. The van der Waals surface area contributed by atoms with Crippen molar-refractivity contribution in [1.29, 1.82) is 0 Å². The smallest absolute Gasteiger partial charge is 0.258 e. The molecule has 0 atom stereocenters. The Kier molecular flexibility index (Phi) is 5.21. The molecule has 2 heterocycles. The van der Waals surface area contributed by atoms with E-state index in [4.69, 9.17) is 0 Å². The molecule has 0 spiro atoms. The van der Waals surface area contributed by atoms with E-state index in [9.17, 15) is 9.59 Å². The maximum Gasteiger partial charge on any atom is 0.258 e. The molecule has 0 aliphatic carbocycles. The lowest BCUT2D eigenvalue weighted by molar-refractivity contribution is -0.117. The predicted octanol–water partition coefficient (Wildman–Crippen LogP) is 3.47. The average Bonchev–Trinajstić information content (AvgIpc) is 3.32. The molecule has 1 saturated heterocycles. The Hall–Kier alpha value is -3.00. The van der Waals surface area contributed by atoms with Gasteiger partial charge in [-0.2, -0.15) is 0 Å². The Morgan fingerprint density at radius 3 is 2.75 bits per heavy atom. The van der Waals surface area contributed by atoms with E-state index in [1.54, 1.807) is 34.1 Å². The highest BCUT2D eigenvalue weighted by molar-refractivity contribution is 9.10. The van der Waals surface area contributed by atoms with E-state index in [-0.39, 0.29) is 17.8 Å². The zero-order valence-corrected chi connectivity index (χ0v) is 16.6. The second kappa shape index (κ2) is 7.93. The zero-order valence-electron chi connectivity index (χ0n) is 15.0. The van der Waals surface area contributed by atoms with Crippen LogP contribution in [0.1, 0.15) is 28.8 Å². The lowest BCUT2D eigenvalue weighted by Crippen LogP contribution is -2.24. The van der Waals surface area contributed by atoms with Gasteiger partial charge in [0.2, 0.25) is 11.9 Å². The molecular weight excluding hydrogens is 422 g/mol. The van der Waals surface area contributed by atoms with Crippen LogP contribution in [0.2, 0.25) is 0 Å². The standard InChI is InChI=1S/C20H18BrN5O2/c21-16-8-6-14(7-9-16)12-25-13-22-20(24-25)23-19(28)15-3-1-4-17(11-15)26-10-2-5-18(26)27/h1,3-4,6-9,11,13H,2,5,10,12H2,(H,23,24,28). The number of anilines is 2. The second-order valence-electron chi connectivity index (χ2n) is 6.55. The third-order valence-electron chi connectivity index (χ3n) is 4.51. The van der Waals surface area contributed by atoms with E-state index in [0.717, 1.165) is 22.1 Å². The van der Waals surface area contributed by atoms with E-state index in [1.165, 1.54) is 0 Å². The van der Waals surface area contributed by atoms with Crippen molar-refractivity contribution >= 4 is 39.4 Å². The van der Waals surface area contributed by atoms with Crippen LogP contribution < -0.4 is 10.2 Å². The number of carbonyl (C=O) groups excluding carboxylic acids is 2. The highest BCUT2D eigenvalue weighted by atomic mass is 79.9. The van der Waals surface area contributed by atoms with E-state index in [0.29, 0.717) is 25.1 Å². The number of rotatable bonds is 5. The van der Waals surface area contributed by atoms with Gasteiger partial charge in [0.25, 0.3) is 5.91 Å². The van der Waals surface area contributed by atoms with Gasteiger partial charge in [-0.25, -0.2) is 9.67 Å².